The van der Waals surface area contributed by atoms with Crippen LogP contribution in [0.3, 0.4) is 0 Å². The highest BCUT2D eigenvalue weighted by Crippen LogP contribution is 2.12. The highest BCUT2D eigenvalue weighted by molar-refractivity contribution is 5.85. The van der Waals surface area contributed by atoms with E-state index in [1.807, 2.05) is 32.9 Å². The van der Waals surface area contributed by atoms with Gasteiger partial charge in [-0.3, -0.25) is 4.79 Å². The van der Waals surface area contributed by atoms with Crippen molar-refractivity contribution in [2.24, 2.45) is 0 Å². The predicted molar refractivity (Wildman–Crippen MR) is 67.8 cm³/mol. The minimum absolute atomic E-state index is 0.281. The van der Waals surface area contributed by atoms with E-state index in [0.717, 1.165) is 24.2 Å². The Morgan fingerprint density at radius 1 is 1.44 bits per heavy atom. The van der Waals surface area contributed by atoms with Crippen LogP contribution in [0.4, 0.5) is 0 Å². The quantitative estimate of drug-likeness (QED) is 0.801. The standard InChI is InChI=1S/C13H18N4O/c1-4-5-6-15-13(18)11(8-14)12-16-9(2)7-10(3)17-12/h7,11H,4-6H2,1-3H3,(H,15,18)/t11-/m1/s1. The Morgan fingerprint density at radius 2 is 2.06 bits per heavy atom. The number of amides is 1. The summed E-state index contributed by atoms with van der Waals surface area (Å²) in [5, 5.41) is 11.8. The van der Waals surface area contributed by atoms with Gasteiger partial charge in [-0.1, -0.05) is 13.3 Å². The fraction of sp³-hybridized carbons (Fsp3) is 0.538. The summed E-state index contributed by atoms with van der Waals surface area (Å²) < 4.78 is 0. The topological polar surface area (TPSA) is 78.7 Å². The maximum atomic E-state index is 11.9. The van der Waals surface area contributed by atoms with Crippen molar-refractivity contribution in [1.82, 2.24) is 15.3 Å². The molecular weight excluding hydrogens is 228 g/mol. The molecule has 0 fully saturated rings. The van der Waals surface area contributed by atoms with Gasteiger partial charge in [0.25, 0.3) is 0 Å². The van der Waals surface area contributed by atoms with Gasteiger partial charge in [0.15, 0.2) is 11.7 Å². The molecule has 0 aliphatic heterocycles. The molecule has 0 aliphatic rings. The molecule has 0 bridgehead atoms. The van der Waals surface area contributed by atoms with Crippen LogP contribution in [0.25, 0.3) is 0 Å². The van der Waals surface area contributed by atoms with Crippen LogP contribution < -0.4 is 5.32 Å². The van der Waals surface area contributed by atoms with Gasteiger partial charge < -0.3 is 5.32 Å². The lowest BCUT2D eigenvalue weighted by molar-refractivity contribution is -0.121. The fourth-order valence-electron chi connectivity index (χ4n) is 1.61. The Labute approximate surface area is 107 Å². The molecule has 18 heavy (non-hydrogen) atoms. The lowest BCUT2D eigenvalue weighted by Crippen LogP contribution is -2.30. The van der Waals surface area contributed by atoms with E-state index in [0.29, 0.717) is 6.54 Å². The molecule has 1 aromatic rings. The molecule has 1 aromatic heterocycles. The van der Waals surface area contributed by atoms with Gasteiger partial charge in [-0.05, 0) is 26.3 Å². The summed E-state index contributed by atoms with van der Waals surface area (Å²) in [5.41, 5.74) is 1.53. The van der Waals surface area contributed by atoms with Crippen molar-refractivity contribution in [1.29, 1.82) is 5.26 Å². The molecule has 0 saturated heterocycles. The molecule has 0 aromatic carbocycles. The number of carbonyl (C=O) groups is 1. The molecular formula is C13H18N4O. The lowest BCUT2D eigenvalue weighted by atomic mass is 10.1. The first-order valence-electron chi connectivity index (χ1n) is 6.08. The molecule has 1 amide bonds. The first kappa shape index (κ1) is 14.1. The highest BCUT2D eigenvalue weighted by Gasteiger charge is 2.23. The highest BCUT2D eigenvalue weighted by atomic mass is 16.1. The molecule has 1 atom stereocenters. The number of hydrogen-bond donors (Lipinski definition) is 1. The average Bonchev–Trinajstić information content (AvgIpc) is 2.29. The van der Waals surface area contributed by atoms with Crippen molar-refractivity contribution < 1.29 is 4.79 Å². The minimum Gasteiger partial charge on any atom is -0.355 e. The number of rotatable bonds is 5. The summed E-state index contributed by atoms with van der Waals surface area (Å²) in [6.07, 6.45) is 1.90. The Morgan fingerprint density at radius 3 is 2.56 bits per heavy atom. The van der Waals surface area contributed by atoms with E-state index in [1.165, 1.54) is 0 Å². The summed E-state index contributed by atoms with van der Waals surface area (Å²) in [6.45, 7) is 6.27. The minimum atomic E-state index is -0.930. The summed E-state index contributed by atoms with van der Waals surface area (Å²) in [6, 6.07) is 3.77. The van der Waals surface area contributed by atoms with Crippen LogP contribution >= 0.6 is 0 Å². The molecule has 1 N–H and O–H groups in total. The zero-order chi connectivity index (χ0) is 13.5. The van der Waals surface area contributed by atoms with Crippen molar-refractivity contribution in [2.75, 3.05) is 6.54 Å². The molecule has 0 aliphatic carbocycles. The normalized spacial score (nSPS) is 11.7. The van der Waals surface area contributed by atoms with Gasteiger partial charge in [0.1, 0.15) is 0 Å². The third kappa shape index (κ3) is 3.81. The van der Waals surface area contributed by atoms with Crippen molar-refractivity contribution in [3.05, 3.63) is 23.3 Å². The maximum absolute atomic E-state index is 11.9. The number of unbranched alkanes of at least 4 members (excludes halogenated alkanes) is 1. The van der Waals surface area contributed by atoms with E-state index in [9.17, 15) is 4.79 Å². The van der Waals surface area contributed by atoms with E-state index in [1.54, 1.807) is 0 Å². The summed E-state index contributed by atoms with van der Waals surface area (Å²) in [7, 11) is 0. The zero-order valence-electron chi connectivity index (χ0n) is 11.0. The van der Waals surface area contributed by atoms with Crippen LogP contribution in [0.5, 0.6) is 0 Å². The second kappa shape index (κ2) is 6.70. The SMILES string of the molecule is CCCCNC(=O)[C@H](C#N)c1nc(C)cc(C)n1. The molecule has 1 heterocycles. The molecule has 0 unspecified atom stereocenters. The van der Waals surface area contributed by atoms with E-state index in [-0.39, 0.29) is 11.7 Å². The molecule has 0 spiro atoms. The van der Waals surface area contributed by atoms with Crippen molar-refractivity contribution >= 4 is 5.91 Å². The second-order valence-corrected chi connectivity index (χ2v) is 4.22. The van der Waals surface area contributed by atoms with E-state index in [2.05, 4.69) is 15.3 Å². The first-order chi connectivity index (χ1) is 8.58. The number of aryl methyl sites for hydroxylation is 2. The van der Waals surface area contributed by atoms with Gasteiger partial charge in [0.2, 0.25) is 5.91 Å². The summed E-state index contributed by atoms with van der Waals surface area (Å²) in [4.78, 5) is 20.2. The third-order valence-electron chi connectivity index (χ3n) is 2.48. The van der Waals surface area contributed by atoms with Crippen LogP contribution in [0.15, 0.2) is 6.07 Å². The third-order valence-corrected chi connectivity index (χ3v) is 2.48. The zero-order valence-corrected chi connectivity index (χ0v) is 11.0. The summed E-state index contributed by atoms with van der Waals surface area (Å²) >= 11 is 0. The van der Waals surface area contributed by atoms with Gasteiger partial charge in [-0.25, -0.2) is 9.97 Å². The molecule has 5 nitrogen and oxygen atoms in total. The first-order valence-corrected chi connectivity index (χ1v) is 6.08. The largest absolute Gasteiger partial charge is 0.355 e. The van der Waals surface area contributed by atoms with Crippen LogP contribution in [0.2, 0.25) is 0 Å². The lowest BCUT2D eigenvalue weighted by Gasteiger charge is -2.10. The molecule has 96 valence electrons. The monoisotopic (exact) mass is 246 g/mol. The van der Waals surface area contributed by atoms with Crippen molar-refractivity contribution in [3.8, 4) is 6.07 Å². The number of nitriles is 1. The smallest absolute Gasteiger partial charge is 0.245 e. The average molecular weight is 246 g/mol. The van der Waals surface area contributed by atoms with Crippen molar-refractivity contribution in [2.45, 2.75) is 39.5 Å². The molecule has 0 radical (unpaired) electrons. The van der Waals surface area contributed by atoms with Gasteiger partial charge >= 0.3 is 0 Å². The Balaban J connectivity index is 2.83. The number of nitrogens with zero attached hydrogens (tertiary/aromatic N) is 3. The molecule has 1 rings (SSSR count). The van der Waals surface area contributed by atoms with Gasteiger partial charge in [-0.15, -0.1) is 0 Å². The van der Waals surface area contributed by atoms with Crippen LogP contribution in [0.1, 0.15) is 42.9 Å². The van der Waals surface area contributed by atoms with Gasteiger partial charge in [0, 0.05) is 17.9 Å². The second-order valence-electron chi connectivity index (χ2n) is 4.22. The molecule has 0 saturated carbocycles. The van der Waals surface area contributed by atoms with Crippen LogP contribution in [-0.2, 0) is 4.79 Å². The van der Waals surface area contributed by atoms with Gasteiger partial charge in [-0.2, -0.15) is 5.26 Å². The number of hydrogen-bond acceptors (Lipinski definition) is 4. The summed E-state index contributed by atoms with van der Waals surface area (Å²) in [5.74, 6) is -0.972. The Kier molecular flexibility index (Phi) is 5.25. The number of aromatic nitrogens is 2. The van der Waals surface area contributed by atoms with Crippen LogP contribution in [-0.4, -0.2) is 22.4 Å². The molecule has 5 heteroatoms. The number of nitrogens with one attached hydrogen (secondary N) is 1. The van der Waals surface area contributed by atoms with Crippen molar-refractivity contribution in [3.63, 3.8) is 0 Å². The fourth-order valence-corrected chi connectivity index (χ4v) is 1.61. The maximum Gasteiger partial charge on any atom is 0.245 e. The van der Waals surface area contributed by atoms with E-state index in [4.69, 9.17) is 5.26 Å². The Bertz CT molecular complexity index is 444. The number of carbonyl (C=O) groups excluding carboxylic acids is 1. The van der Waals surface area contributed by atoms with Crippen LogP contribution in [0, 0.1) is 25.2 Å². The van der Waals surface area contributed by atoms with E-state index < -0.39 is 5.92 Å². The Hall–Kier alpha value is -1.96. The van der Waals surface area contributed by atoms with Gasteiger partial charge in [0.05, 0.1) is 6.07 Å². The van der Waals surface area contributed by atoms with E-state index >= 15 is 0 Å². The predicted octanol–water partition coefficient (Wildman–Crippen LogP) is 1.62.